The Kier molecular flexibility index (Phi) is 11.0. The van der Waals surface area contributed by atoms with Gasteiger partial charge in [0.25, 0.3) is 0 Å². The van der Waals surface area contributed by atoms with Crippen molar-refractivity contribution in [2.45, 2.75) is 65.3 Å². The lowest BCUT2D eigenvalue weighted by atomic mass is 10.1. The number of nitrogens with zero attached hydrogens (tertiary/aromatic N) is 1. The van der Waals surface area contributed by atoms with Crippen LogP contribution in [0.15, 0.2) is 24.3 Å². The standard InChI is InChI=1S/C17H27FN2O2S.C3H8/c1-2-14-23(21,22)20(16-9-11-19-12-10-16)13-5-7-15-6-3-4-8-17(15)18;1-3-2/h3-4,6,8,16,19H,2,5,7,9-14H2,1H3;3H2,1-2H3. The molecule has 1 N–H and O–H groups in total. The van der Waals surface area contributed by atoms with Crippen LogP contribution < -0.4 is 5.32 Å². The molecule has 0 unspecified atom stereocenters. The van der Waals surface area contributed by atoms with E-state index in [2.05, 4.69) is 19.2 Å². The van der Waals surface area contributed by atoms with Gasteiger partial charge in [0, 0.05) is 12.6 Å². The van der Waals surface area contributed by atoms with Gasteiger partial charge in [0.1, 0.15) is 5.82 Å². The van der Waals surface area contributed by atoms with E-state index in [-0.39, 0.29) is 17.6 Å². The van der Waals surface area contributed by atoms with E-state index in [1.165, 1.54) is 12.5 Å². The average Bonchev–Trinajstić information content (AvgIpc) is 2.61. The van der Waals surface area contributed by atoms with Gasteiger partial charge >= 0.3 is 0 Å². The molecule has 26 heavy (non-hydrogen) atoms. The summed E-state index contributed by atoms with van der Waals surface area (Å²) in [6, 6.07) is 6.79. The number of hydrogen-bond acceptors (Lipinski definition) is 3. The number of nitrogens with one attached hydrogen (secondary N) is 1. The van der Waals surface area contributed by atoms with Gasteiger partial charge in [0.15, 0.2) is 0 Å². The Morgan fingerprint density at radius 3 is 2.35 bits per heavy atom. The minimum absolute atomic E-state index is 0.0772. The van der Waals surface area contributed by atoms with Crippen molar-refractivity contribution in [3.63, 3.8) is 0 Å². The maximum absolute atomic E-state index is 13.7. The van der Waals surface area contributed by atoms with Crippen molar-refractivity contribution >= 4 is 10.0 Å². The van der Waals surface area contributed by atoms with E-state index in [1.807, 2.05) is 13.0 Å². The van der Waals surface area contributed by atoms with Crippen molar-refractivity contribution < 1.29 is 12.8 Å². The highest BCUT2D eigenvalue weighted by atomic mass is 32.2. The molecule has 0 radical (unpaired) electrons. The molecule has 150 valence electrons. The Hall–Kier alpha value is -0.980. The molecular formula is C20H35FN2O2S. The highest BCUT2D eigenvalue weighted by Gasteiger charge is 2.29. The van der Waals surface area contributed by atoms with E-state index in [4.69, 9.17) is 0 Å². The highest BCUT2D eigenvalue weighted by molar-refractivity contribution is 7.89. The molecule has 4 nitrogen and oxygen atoms in total. The molecule has 1 aromatic carbocycles. The lowest BCUT2D eigenvalue weighted by Crippen LogP contribution is -2.47. The SMILES string of the molecule is CCC.CCCS(=O)(=O)N(CCCc1ccccc1F)C1CCNCC1. The summed E-state index contributed by atoms with van der Waals surface area (Å²) in [4.78, 5) is 0. The minimum atomic E-state index is -3.22. The number of sulfonamides is 1. The maximum atomic E-state index is 13.7. The van der Waals surface area contributed by atoms with Crippen LogP contribution in [0.1, 0.15) is 58.4 Å². The minimum Gasteiger partial charge on any atom is -0.317 e. The summed E-state index contributed by atoms with van der Waals surface area (Å²) < 4.78 is 40.5. The molecule has 2 rings (SSSR count). The molecule has 1 aliphatic rings. The zero-order valence-corrected chi connectivity index (χ0v) is 17.3. The topological polar surface area (TPSA) is 49.4 Å². The maximum Gasteiger partial charge on any atom is 0.214 e. The van der Waals surface area contributed by atoms with Crippen LogP contribution in [-0.4, -0.2) is 44.2 Å². The number of benzene rings is 1. The van der Waals surface area contributed by atoms with E-state index < -0.39 is 10.0 Å². The molecular weight excluding hydrogens is 351 g/mol. The number of halogens is 1. The van der Waals surface area contributed by atoms with E-state index in [0.717, 1.165) is 25.9 Å². The second kappa shape index (κ2) is 12.4. The van der Waals surface area contributed by atoms with Gasteiger partial charge in [-0.3, -0.25) is 0 Å². The molecule has 6 heteroatoms. The Bertz CT molecular complexity index is 602. The van der Waals surface area contributed by atoms with Crippen LogP contribution in [0.5, 0.6) is 0 Å². The van der Waals surface area contributed by atoms with Crippen molar-refractivity contribution in [3.8, 4) is 0 Å². The van der Waals surface area contributed by atoms with E-state index in [0.29, 0.717) is 31.4 Å². The second-order valence-corrected chi connectivity index (χ2v) is 8.85. The summed E-state index contributed by atoms with van der Waals surface area (Å²) in [7, 11) is -3.22. The monoisotopic (exact) mass is 386 g/mol. The van der Waals surface area contributed by atoms with Gasteiger partial charge in [-0.05, 0) is 56.8 Å². The molecule has 1 saturated heterocycles. The van der Waals surface area contributed by atoms with Crippen LogP contribution in [0.2, 0.25) is 0 Å². The molecule has 0 saturated carbocycles. The van der Waals surface area contributed by atoms with Gasteiger partial charge in [-0.1, -0.05) is 45.4 Å². The first kappa shape index (κ1) is 23.1. The molecule has 1 aliphatic heterocycles. The summed E-state index contributed by atoms with van der Waals surface area (Å²) in [5, 5.41) is 3.27. The van der Waals surface area contributed by atoms with Gasteiger partial charge in [0.05, 0.1) is 5.75 Å². The Morgan fingerprint density at radius 1 is 1.15 bits per heavy atom. The molecule has 0 spiro atoms. The first-order valence-corrected chi connectivity index (χ1v) is 11.5. The quantitative estimate of drug-likeness (QED) is 0.735. The van der Waals surface area contributed by atoms with Crippen molar-refractivity contribution in [1.82, 2.24) is 9.62 Å². The zero-order chi connectivity index (χ0) is 19.4. The number of aryl methyl sites for hydroxylation is 1. The third-order valence-electron chi connectivity index (χ3n) is 4.32. The lowest BCUT2D eigenvalue weighted by Gasteiger charge is -2.33. The van der Waals surface area contributed by atoms with Crippen LogP contribution >= 0.6 is 0 Å². The smallest absolute Gasteiger partial charge is 0.214 e. The molecule has 0 bridgehead atoms. The fraction of sp³-hybridized carbons (Fsp3) is 0.700. The fourth-order valence-electron chi connectivity index (χ4n) is 3.15. The molecule has 0 amide bonds. The van der Waals surface area contributed by atoms with Gasteiger partial charge in [-0.2, -0.15) is 4.31 Å². The lowest BCUT2D eigenvalue weighted by molar-refractivity contribution is 0.260. The normalized spacial score (nSPS) is 15.6. The average molecular weight is 387 g/mol. The van der Waals surface area contributed by atoms with Gasteiger partial charge < -0.3 is 5.32 Å². The molecule has 0 aromatic heterocycles. The largest absolute Gasteiger partial charge is 0.317 e. The second-order valence-electron chi connectivity index (χ2n) is 6.81. The highest BCUT2D eigenvalue weighted by Crippen LogP contribution is 2.19. The summed E-state index contributed by atoms with van der Waals surface area (Å²) in [6.07, 6.45) is 4.78. The van der Waals surface area contributed by atoms with Crippen molar-refractivity contribution in [3.05, 3.63) is 35.6 Å². The molecule has 1 fully saturated rings. The molecule has 1 heterocycles. The number of piperidine rings is 1. The third-order valence-corrected chi connectivity index (χ3v) is 6.44. The summed E-state index contributed by atoms with van der Waals surface area (Å²) >= 11 is 0. The van der Waals surface area contributed by atoms with E-state index in [1.54, 1.807) is 16.4 Å². The zero-order valence-electron chi connectivity index (χ0n) is 16.5. The van der Waals surface area contributed by atoms with E-state index >= 15 is 0 Å². The van der Waals surface area contributed by atoms with Crippen molar-refractivity contribution in [1.29, 1.82) is 0 Å². The van der Waals surface area contributed by atoms with E-state index in [9.17, 15) is 12.8 Å². The predicted molar refractivity (Wildman–Crippen MR) is 107 cm³/mol. The number of hydrogen-bond donors (Lipinski definition) is 1. The van der Waals surface area contributed by atoms with Crippen LogP contribution in [0.4, 0.5) is 4.39 Å². The van der Waals surface area contributed by atoms with Gasteiger partial charge in [0.2, 0.25) is 10.0 Å². The van der Waals surface area contributed by atoms with Gasteiger partial charge in [-0.15, -0.1) is 0 Å². The van der Waals surface area contributed by atoms with Gasteiger partial charge in [-0.25, -0.2) is 12.8 Å². The Balaban J connectivity index is 0.00000105. The summed E-state index contributed by atoms with van der Waals surface area (Å²) in [5.41, 5.74) is 0.658. The van der Waals surface area contributed by atoms with Crippen LogP contribution in [0, 0.1) is 5.82 Å². The summed E-state index contributed by atoms with van der Waals surface area (Å²) in [6.45, 7) is 8.32. The van der Waals surface area contributed by atoms with Crippen LogP contribution in [0.3, 0.4) is 0 Å². The van der Waals surface area contributed by atoms with Crippen LogP contribution in [-0.2, 0) is 16.4 Å². The predicted octanol–water partition coefficient (Wildman–Crippen LogP) is 3.97. The Morgan fingerprint density at radius 2 is 1.77 bits per heavy atom. The van der Waals surface area contributed by atoms with Crippen molar-refractivity contribution in [2.75, 3.05) is 25.4 Å². The molecule has 1 aromatic rings. The molecule has 0 aliphatic carbocycles. The first-order valence-electron chi connectivity index (χ1n) is 9.89. The first-order chi connectivity index (χ1) is 12.5. The fourth-order valence-corrected chi connectivity index (χ4v) is 4.97. The van der Waals surface area contributed by atoms with Crippen molar-refractivity contribution in [2.24, 2.45) is 0 Å². The third kappa shape index (κ3) is 7.72. The summed E-state index contributed by atoms with van der Waals surface area (Å²) in [5.74, 6) is -0.0197. The number of rotatable bonds is 8. The Labute approximate surface area is 159 Å². The van der Waals surface area contributed by atoms with Crippen LogP contribution in [0.25, 0.3) is 0 Å². The molecule has 0 atom stereocenters.